The summed E-state index contributed by atoms with van der Waals surface area (Å²) in [5, 5.41) is 8.73. The normalized spacial score (nSPS) is 11.3. The van der Waals surface area contributed by atoms with Crippen molar-refractivity contribution in [1.29, 1.82) is 5.26 Å². The Morgan fingerprint density at radius 1 is 1.59 bits per heavy atom. The largest absolute Gasteiger partial charge is 0.494 e. The van der Waals surface area contributed by atoms with E-state index in [1.807, 2.05) is 0 Å². The Kier molecular flexibility index (Phi) is 3.85. The molecule has 0 N–H and O–H groups in total. The van der Waals surface area contributed by atoms with Crippen molar-refractivity contribution in [3.63, 3.8) is 0 Å². The van der Waals surface area contributed by atoms with Crippen LogP contribution in [-0.4, -0.2) is 20.5 Å². The second-order valence-corrected chi connectivity index (χ2v) is 5.27. The maximum Gasteiger partial charge on any atom is 0.281 e. The number of aromatic nitrogens is 1. The third-order valence-electron chi connectivity index (χ3n) is 1.81. The minimum atomic E-state index is -4.39. The first-order valence-electron chi connectivity index (χ1n) is 4.02. The van der Waals surface area contributed by atoms with Gasteiger partial charge in [-0.15, -0.1) is 0 Å². The average Bonchev–Trinajstić information content (AvgIpc) is 2.25. The lowest BCUT2D eigenvalue weighted by molar-refractivity contribution is 0.145. The number of hydrogen-bond donors (Lipinski definition) is 0. The minimum absolute atomic E-state index is 0.360. The van der Waals surface area contributed by atoms with Crippen molar-refractivity contribution in [3.05, 3.63) is 17.5 Å². The van der Waals surface area contributed by atoms with E-state index in [9.17, 15) is 17.2 Å². The first-order chi connectivity index (χ1) is 7.82. The fourth-order valence-corrected chi connectivity index (χ4v) is 2.38. The number of methoxy groups -OCH3 is 1. The average molecular weight is 283 g/mol. The van der Waals surface area contributed by atoms with Crippen molar-refractivity contribution < 1.29 is 21.9 Å². The number of nitrogens with zero attached hydrogens (tertiary/aromatic N) is 2. The molecule has 17 heavy (non-hydrogen) atoms. The summed E-state index contributed by atoms with van der Waals surface area (Å²) < 4.78 is 52.1. The third-order valence-corrected chi connectivity index (χ3v) is 3.17. The Hall–Kier alpha value is -1.46. The fourth-order valence-electron chi connectivity index (χ4n) is 1.15. The Balaban J connectivity index is 3.75. The molecule has 0 saturated heterocycles. The number of nitriles is 1. The van der Waals surface area contributed by atoms with Crippen LogP contribution in [0.4, 0.5) is 8.78 Å². The first kappa shape index (κ1) is 13.6. The molecule has 0 unspecified atom stereocenters. The van der Waals surface area contributed by atoms with Crippen LogP contribution in [0, 0.1) is 11.3 Å². The van der Waals surface area contributed by atoms with E-state index in [1.165, 1.54) is 6.07 Å². The van der Waals surface area contributed by atoms with Gasteiger partial charge in [-0.1, -0.05) is 0 Å². The molecule has 92 valence electrons. The van der Waals surface area contributed by atoms with Gasteiger partial charge >= 0.3 is 0 Å². The van der Waals surface area contributed by atoms with Gasteiger partial charge in [-0.2, -0.15) is 5.26 Å². The number of ether oxygens (including phenoxy) is 1. The predicted molar refractivity (Wildman–Crippen MR) is 53.5 cm³/mol. The molecule has 1 heterocycles. The van der Waals surface area contributed by atoms with Crippen LogP contribution in [0.1, 0.15) is 17.7 Å². The summed E-state index contributed by atoms with van der Waals surface area (Å²) in [6, 6.07) is 1.34. The molecular weight excluding hydrogens is 278 g/mol. The molecule has 5 nitrogen and oxygen atoms in total. The summed E-state index contributed by atoms with van der Waals surface area (Å²) in [6.07, 6.45) is -2.31. The first-order valence-corrected chi connectivity index (χ1v) is 6.33. The number of alkyl halides is 2. The molecule has 0 aliphatic heterocycles. The van der Waals surface area contributed by atoms with Gasteiger partial charge < -0.3 is 4.74 Å². The van der Waals surface area contributed by atoms with Gasteiger partial charge in [0.1, 0.15) is 22.2 Å². The fraction of sp³-hybridized carbons (Fsp3) is 0.250. The van der Waals surface area contributed by atoms with Gasteiger partial charge in [0, 0.05) is 10.7 Å². The highest BCUT2D eigenvalue weighted by molar-refractivity contribution is 8.13. The van der Waals surface area contributed by atoms with Crippen LogP contribution in [0.5, 0.6) is 5.75 Å². The van der Waals surface area contributed by atoms with Crippen LogP contribution in [0.25, 0.3) is 0 Å². The number of rotatable bonds is 3. The number of pyridine rings is 1. The molecule has 0 amide bonds. The minimum Gasteiger partial charge on any atom is -0.494 e. The zero-order valence-electron chi connectivity index (χ0n) is 8.32. The van der Waals surface area contributed by atoms with E-state index in [1.54, 1.807) is 0 Å². The molecule has 0 spiro atoms. The van der Waals surface area contributed by atoms with Crippen LogP contribution in [-0.2, 0) is 9.05 Å². The summed E-state index contributed by atoms with van der Waals surface area (Å²) in [4.78, 5) is 2.48. The van der Waals surface area contributed by atoms with Crippen molar-refractivity contribution in [2.75, 3.05) is 7.11 Å². The lowest BCUT2D eigenvalue weighted by Gasteiger charge is -2.09. The highest BCUT2D eigenvalue weighted by atomic mass is 35.7. The van der Waals surface area contributed by atoms with E-state index in [4.69, 9.17) is 15.9 Å². The highest BCUT2D eigenvalue weighted by Crippen LogP contribution is 2.34. The van der Waals surface area contributed by atoms with E-state index < -0.39 is 31.6 Å². The number of halogens is 3. The maximum absolute atomic E-state index is 12.5. The summed E-state index contributed by atoms with van der Waals surface area (Å²) in [6.45, 7) is 0. The third kappa shape index (κ3) is 2.62. The lowest BCUT2D eigenvalue weighted by Crippen LogP contribution is -2.06. The quantitative estimate of drug-likeness (QED) is 0.790. The lowest BCUT2D eigenvalue weighted by atomic mass is 10.2. The van der Waals surface area contributed by atoms with Crippen LogP contribution in [0.15, 0.2) is 11.1 Å². The van der Waals surface area contributed by atoms with Gasteiger partial charge in [0.25, 0.3) is 15.5 Å². The Bertz CT molecular complexity index is 583. The van der Waals surface area contributed by atoms with E-state index in [0.717, 1.165) is 13.3 Å². The van der Waals surface area contributed by atoms with E-state index in [-0.39, 0.29) is 5.75 Å². The van der Waals surface area contributed by atoms with Crippen molar-refractivity contribution in [3.8, 4) is 11.8 Å². The summed E-state index contributed by atoms with van der Waals surface area (Å²) in [7, 11) is 1.78. The standard InChI is InChI=1S/C8H5ClF2N2O3S/c1-16-5-3-13-6(8(10)11)4(2-12)7(5)17(9,14)15/h3,8H,1H3. The summed E-state index contributed by atoms with van der Waals surface area (Å²) >= 11 is 0. The molecule has 0 aliphatic rings. The SMILES string of the molecule is COc1cnc(C(F)F)c(C#N)c1S(=O)(=O)Cl. The predicted octanol–water partition coefficient (Wildman–Crippen LogP) is 1.83. The molecule has 0 atom stereocenters. The van der Waals surface area contributed by atoms with Crippen molar-refractivity contribution in [2.45, 2.75) is 11.3 Å². The highest BCUT2D eigenvalue weighted by Gasteiger charge is 2.28. The molecule has 0 bridgehead atoms. The molecule has 1 aromatic heterocycles. The number of hydrogen-bond acceptors (Lipinski definition) is 5. The van der Waals surface area contributed by atoms with Gasteiger partial charge in [0.15, 0.2) is 5.75 Å². The topological polar surface area (TPSA) is 80.0 Å². The van der Waals surface area contributed by atoms with Crippen LogP contribution in [0.3, 0.4) is 0 Å². The van der Waals surface area contributed by atoms with E-state index in [2.05, 4.69) is 9.72 Å². The molecule has 0 radical (unpaired) electrons. The Morgan fingerprint density at radius 3 is 2.53 bits per heavy atom. The maximum atomic E-state index is 12.5. The zero-order valence-corrected chi connectivity index (χ0v) is 9.89. The summed E-state index contributed by atoms with van der Waals surface area (Å²) in [5.41, 5.74) is -1.76. The monoisotopic (exact) mass is 282 g/mol. The van der Waals surface area contributed by atoms with E-state index >= 15 is 0 Å². The molecule has 1 rings (SSSR count). The van der Waals surface area contributed by atoms with E-state index in [0.29, 0.717) is 0 Å². The van der Waals surface area contributed by atoms with Crippen LogP contribution in [0.2, 0.25) is 0 Å². The molecule has 0 aromatic carbocycles. The van der Waals surface area contributed by atoms with Crippen LogP contribution < -0.4 is 4.74 Å². The Morgan fingerprint density at radius 2 is 2.18 bits per heavy atom. The van der Waals surface area contributed by atoms with Gasteiger partial charge in [-0.3, -0.25) is 0 Å². The smallest absolute Gasteiger partial charge is 0.281 e. The Labute approximate surface area is 100 Å². The molecule has 9 heteroatoms. The van der Waals surface area contributed by atoms with Crippen LogP contribution >= 0.6 is 10.7 Å². The molecule has 0 fully saturated rings. The molecular formula is C8H5ClF2N2O3S. The molecule has 0 saturated carbocycles. The van der Waals surface area contributed by atoms with Crippen molar-refractivity contribution >= 4 is 19.7 Å². The van der Waals surface area contributed by atoms with Gasteiger partial charge in [-0.25, -0.2) is 22.2 Å². The summed E-state index contributed by atoms with van der Waals surface area (Å²) in [5.74, 6) is -0.360. The van der Waals surface area contributed by atoms with Gasteiger partial charge in [-0.05, 0) is 0 Å². The second-order valence-electron chi connectivity index (χ2n) is 2.77. The van der Waals surface area contributed by atoms with Gasteiger partial charge in [0.05, 0.1) is 13.3 Å². The molecule has 0 aliphatic carbocycles. The van der Waals surface area contributed by atoms with Crippen molar-refractivity contribution in [1.82, 2.24) is 4.98 Å². The zero-order chi connectivity index (χ0) is 13.2. The second kappa shape index (κ2) is 4.81. The van der Waals surface area contributed by atoms with Gasteiger partial charge in [0.2, 0.25) is 0 Å². The van der Waals surface area contributed by atoms with Crippen molar-refractivity contribution in [2.24, 2.45) is 0 Å². The molecule has 1 aromatic rings.